The summed E-state index contributed by atoms with van der Waals surface area (Å²) in [6.07, 6.45) is 3.00. The maximum atomic E-state index is 12.3. The molecule has 0 unspecified atom stereocenters. The first kappa shape index (κ1) is 18.6. The van der Waals surface area contributed by atoms with Crippen molar-refractivity contribution in [2.45, 2.75) is 32.6 Å². The summed E-state index contributed by atoms with van der Waals surface area (Å²) in [5.74, 6) is 2.11. The van der Waals surface area contributed by atoms with Gasteiger partial charge >= 0.3 is 0 Å². The number of nitrogens with zero attached hydrogens (tertiary/aromatic N) is 1. The highest BCUT2D eigenvalue weighted by Crippen LogP contribution is 2.20. The summed E-state index contributed by atoms with van der Waals surface area (Å²) in [6, 6.07) is 6.39. The third-order valence-corrected chi connectivity index (χ3v) is 6.72. The molecule has 1 fully saturated rings. The van der Waals surface area contributed by atoms with E-state index in [4.69, 9.17) is 4.99 Å². The molecular formula is C17H26N2OS2Si. The number of thioether (sulfide) groups is 2. The molecule has 1 saturated heterocycles. The van der Waals surface area contributed by atoms with Crippen LogP contribution in [0.4, 0.5) is 0 Å². The van der Waals surface area contributed by atoms with Crippen molar-refractivity contribution in [1.29, 1.82) is 0 Å². The average Bonchev–Trinajstić information content (AvgIpc) is 2.42. The van der Waals surface area contributed by atoms with E-state index in [1.165, 1.54) is 0 Å². The molecule has 0 bridgehead atoms. The van der Waals surface area contributed by atoms with Gasteiger partial charge in [-0.2, -0.15) is 11.8 Å². The lowest BCUT2D eigenvalue weighted by atomic mass is 10.0. The van der Waals surface area contributed by atoms with Gasteiger partial charge in [0.1, 0.15) is 0 Å². The molecular weight excluding hydrogens is 340 g/mol. The molecule has 126 valence electrons. The second-order valence-corrected chi connectivity index (χ2v) is 14.4. The molecule has 0 atom stereocenters. The lowest BCUT2D eigenvalue weighted by molar-refractivity contribution is 0.0942. The van der Waals surface area contributed by atoms with Gasteiger partial charge in [0, 0.05) is 34.8 Å². The summed E-state index contributed by atoms with van der Waals surface area (Å²) in [7, 11) is -1.19. The minimum Gasteiger partial charge on any atom is -0.348 e. The fourth-order valence-corrected chi connectivity index (χ4v) is 4.16. The molecule has 0 aromatic heterocycles. The number of benzene rings is 1. The molecule has 1 heterocycles. The molecule has 1 aliphatic heterocycles. The zero-order valence-electron chi connectivity index (χ0n) is 14.6. The average molecular weight is 367 g/mol. The van der Waals surface area contributed by atoms with Gasteiger partial charge < -0.3 is 5.32 Å². The second kappa shape index (κ2) is 7.90. The molecule has 3 nitrogen and oxygen atoms in total. The molecule has 0 aliphatic carbocycles. The van der Waals surface area contributed by atoms with Crippen molar-refractivity contribution < 1.29 is 4.79 Å². The molecule has 6 heteroatoms. The van der Waals surface area contributed by atoms with Crippen LogP contribution < -0.4 is 5.32 Å². The Bertz CT molecular complexity index is 607. The van der Waals surface area contributed by atoms with E-state index in [0.29, 0.717) is 6.04 Å². The Hall–Kier alpha value is -0.723. The smallest absolute Gasteiger partial charge is 0.251 e. The Morgan fingerprint density at radius 2 is 2.09 bits per heavy atom. The number of aliphatic imine (C=N–C) groups is 1. The fourth-order valence-electron chi connectivity index (χ4n) is 2.22. The second-order valence-electron chi connectivity index (χ2n) is 7.12. The molecule has 1 N–H and O–H groups in total. The molecule has 1 aliphatic rings. The third-order valence-electron chi connectivity index (χ3n) is 3.58. The van der Waals surface area contributed by atoms with Crippen LogP contribution in [0.3, 0.4) is 0 Å². The summed E-state index contributed by atoms with van der Waals surface area (Å²) >= 11 is 3.55. The Morgan fingerprint density at radius 1 is 1.39 bits per heavy atom. The van der Waals surface area contributed by atoms with Crippen molar-refractivity contribution in [2.24, 2.45) is 4.99 Å². The highest BCUT2D eigenvalue weighted by molar-refractivity contribution is 8.13. The van der Waals surface area contributed by atoms with Crippen LogP contribution in [0.1, 0.15) is 21.5 Å². The molecule has 23 heavy (non-hydrogen) atoms. The normalized spacial score (nSPS) is 16.1. The van der Waals surface area contributed by atoms with Crippen molar-refractivity contribution in [3.05, 3.63) is 34.9 Å². The summed E-state index contributed by atoms with van der Waals surface area (Å²) in [5, 5.41) is 4.16. The van der Waals surface area contributed by atoms with Crippen molar-refractivity contribution in [3.8, 4) is 0 Å². The van der Waals surface area contributed by atoms with Gasteiger partial charge in [-0.05, 0) is 30.9 Å². The van der Waals surface area contributed by atoms with Crippen LogP contribution in [0.5, 0.6) is 0 Å². The standard InChI is InChI=1S/C17H26N2OS2Si/c1-12-8-13(17(21-2)18-11-23(3,4)5)6-7-15(12)16(20)19-14-9-22-10-14/h6-8,14H,9-11H2,1-5H3,(H,19,20)/b18-17-. The highest BCUT2D eigenvalue weighted by Gasteiger charge is 2.21. The molecule has 0 spiro atoms. The first-order valence-electron chi connectivity index (χ1n) is 7.88. The van der Waals surface area contributed by atoms with Crippen LogP contribution in [0.15, 0.2) is 23.2 Å². The summed E-state index contributed by atoms with van der Waals surface area (Å²) in [4.78, 5) is 17.1. The van der Waals surface area contributed by atoms with Gasteiger partial charge in [0.25, 0.3) is 5.91 Å². The third kappa shape index (κ3) is 5.40. The quantitative estimate of drug-likeness (QED) is 0.489. The fraction of sp³-hybridized carbons (Fsp3) is 0.529. The Kier molecular flexibility index (Phi) is 6.39. The van der Waals surface area contributed by atoms with E-state index >= 15 is 0 Å². The van der Waals surface area contributed by atoms with Gasteiger partial charge in [0.2, 0.25) is 0 Å². The maximum absolute atomic E-state index is 12.3. The number of aryl methyl sites for hydroxylation is 1. The van der Waals surface area contributed by atoms with Crippen molar-refractivity contribution in [1.82, 2.24) is 5.32 Å². The van der Waals surface area contributed by atoms with E-state index in [0.717, 1.165) is 39.4 Å². The van der Waals surface area contributed by atoms with Crippen molar-refractivity contribution in [2.75, 3.05) is 23.9 Å². The van der Waals surface area contributed by atoms with E-state index in [2.05, 4.69) is 37.3 Å². The number of nitrogens with one attached hydrogen (secondary N) is 1. The first-order valence-corrected chi connectivity index (χ1v) is 14.0. The van der Waals surface area contributed by atoms with Crippen LogP contribution >= 0.6 is 23.5 Å². The Labute approximate surface area is 149 Å². The predicted molar refractivity (Wildman–Crippen MR) is 108 cm³/mol. The minimum absolute atomic E-state index is 0.0455. The molecule has 0 radical (unpaired) electrons. The number of hydrogen-bond acceptors (Lipinski definition) is 4. The SMILES string of the molecule is CS/C(=N\C[Si](C)(C)C)c1ccc(C(=O)NC2CSC2)c(C)c1. The van der Waals surface area contributed by atoms with Gasteiger partial charge in [0.15, 0.2) is 0 Å². The van der Waals surface area contributed by atoms with E-state index in [-0.39, 0.29) is 5.91 Å². The summed E-state index contributed by atoms with van der Waals surface area (Å²) in [6.45, 7) is 8.98. The number of carbonyl (C=O) groups excluding carboxylic acids is 1. The molecule has 1 aromatic rings. The van der Waals surface area contributed by atoms with Gasteiger partial charge in [-0.25, -0.2) is 0 Å². The number of carbonyl (C=O) groups is 1. The predicted octanol–water partition coefficient (Wildman–Crippen LogP) is 3.83. The van der Waals surface area contributed by atoms with Gasteiger partial charge in [-0.15, -0.1) is 11.8 Å². The van der Waals surface area contributed by atoms with Crippen LogP contribution in [-0.2, 0) is 0 Å². The zero-order chi connectivity index (χ0) is 17.0. The summed E-state index contributed by atoms with van der Waals surface area (Å²) in [5.41, 5.74) is 2.90. The molecule has 1 aromatic carbocycles. The number of amides is 1. The van der Waals surface area contributed by atoms with E-state index in [1.54, 1.807) is 11.8 Å². The van der Waals surface area contributed by atoms with Crippen LogP contribution in [-0.4, -0.2) is 49.0 Å². The topological polar surface area (TPSA) is 41.5 Å². The van der Waals surface area contributed by atoms with Gasteiger partial charge in [-0.1, -0.05) is 25.7 Å². The van der Waals surface area contributed by atoms with Gasteiger partial charge in [-0.3, -0.25) is 9.79 Å². The van der Waals surface area contributed by atoms with Crippen LogP contribution in [0.2, 0.25) is 19.6 Å². The van der Waals surface area contributed by atoms with E-state index in [1.807, 2.05) is 30.8 Å². The Morgan fingerprint density at radius 3 is 2.57 bits per heavy atom. The molecule has 2 rings (SSSR count). The van der Waals surface area contributed by atoms with Crippen molar-refractivity contribution in [3.63, 3.8) is 0 Å². The minimum atomic E-state index is -1.19. The maximum Gasteiger partial charge on any atom is 0.251 e. The first-order chi connectivity index (χ1) is 10.8. The van der Waals surface area contributed by atoms with Crippen LogP contribution in [0, 0.1) is 6.92 Å². The molecule has 0 saturated carbocycles. The number of hydrogen-bond donors (Lipinski definition) is 1. The molecule has 1 amide bonds. The van der Waals surface area contributed by atoms with Gasteiger partial charge in [0.05, 0.1) is 13.1 Å². The van der Waals surface area contributed by atoms with E-state index in [9.17, 15) is 4.79 Å². The monoisotopic (exact) mass is 366 g/mol. The van der Waals surface area contributed by atoms with Crippen LogP contribution in [0.25, 0.3) is 0 Å². The van der Waals surface area contributed by atoms with E-state index < -0.39 is 8.07 Å². The largest absolute Gasteiger partial charge is 0.348 e. The van der Waals surface area contributed by atoms with Crippen molar-refractivity contribution >= 4 is 42.5 Å². The lowest BCUT2D eigenvalue weighted by Crippen LogP contribution is -2.44. The number of rotatable bonds is 5. The zero-order valence-corrected chi connectivity index (χ0v) is 17.2. The highest BCUT2D eigenvalue weighted by atomic mass is 32.2. The lowest BCUT2D eigenvalue weighted by Gasteiger charge is -2.26. The Balaban J connectivity index is 2.14. The summed E-state index contributed by atoms with van der Waals surface area (Å²) < 4.78 is 0.